The van der Waals surface area contributed by atoms with Crippen LogP contribution >= 0.6 is 23.2 Å². The highest BCUT2D eigenvalue weighted by atomic mass is 35.5. The van der Waals surface area contributed by atoms with Gasteiger partial charge >= 0.3 is 5.97 Å². The predicted molar refractivity (Wildman–Crippen MR) is 79.1 cm³/mol. The van der Waals surface area contributed by atoms with Gasteiger partial charge in [-0.25, -0.2) is 4.79 Å². The highest BCUT2D eigenvalue weighted by Gasteiger charge is 2.24. The maximum Gasteiger partial charge on any atom is 0.327 e. The molecule has 1 heterocycles. The molecule has 0 spiro atoms. The van der Waals surface area contributed by atoms with Crippen LogP contribution in [-0.2, 0) is 23.1 Å². The topological polar surface area (TPSA) is 69.0 Å². The maximum atomic E-state index is 12.0. The molecule has 112 valence electrons. The standard InChI is InChI=1S/C13H14Cl2N4O2/c1-19-7-17-18-11(19)6-16-12(13(20)21-2)9-4-3-8(14)5-10(9)15/h3-5,7,12,16H,6H2,1-2H3/t12-/m1/s1. The minimum absolute atomic E-state index is 0.342. The normalized spacial score (nSPS) is 12.2. The highest BCUT2D eigenvalue weighted by Crippen LogP contribution is 2.27. The number of hydrogen-bond acceptors (Lipinski definition) is 5. The monoisotopic (exact) mass is 328 g/mol. The van der Waals surface area contributed by atoms with Gasteiger partial charge in [-0.05, 0) is 17.7 Å². The van der Waals surface area contributed by atoms with Gasteiger partial charge in [-0.3, -0.25) is 5.32 Å². The van der Waals surface area contributed by atoms with Gasteiger partial charge in [0.05, 0.1) is 13.7 Å². The van der Waals surface area contributed by atoms with Gasteiger partial charge in [0.2, 0.25) is 0 Å². The average Bonchev–Trinajstić information content (AvgIpc) is 2.86. The van der Waals surface area contributed by atoms with Crippen LogP contribution in [0.1, 0.15) is 17.4 Å². The quantitative estimate of drug-likeness (QED) is 0.851. The molecule has 0 aliphatic heterocycles. The van der Waals surface area contributed by atoms with Crippen LogP contribution < -0.4 is 5.32 Å². The summed E-state index contributed by atoms with van der Waals surface area (Å²) in [7, 11) is 3.14. The Labute approximate surface area is 132 Å². The number of benzene rings is 1. The number of hydrogen-bond donors (Lipinski definition) is 1. The highest BCUT2D eigenvalue weighted by molar-refractivity contribution is 6.35. The minimum atomic E-state index is -0.712. The number of rotatable bonds is 5. The summed E-state index contributed by atoms with van der Waals surface area (Å²) in [6.07, 6.45) is 1.58. The largest absolute Gasteiger partial charge is 0.468 e. The molecule has 2 aromatic rings. The maximum absolute atomic E-state index is 12.0. The fourth-order valence-corrected chi connectivity index (χ4v) is 2.35. The van der Waals surface area contributed by atoms with Crippen molar-refractivity contribution in [2.75, 3.05) is 7.11 Å². The Balaban J connectivity index is 2.22. The second kappa shape index (κ2) is 6.89. The van der Waals surface area contributed by atoms with Crippen molar-refractivity contribution in [1.82, 2.24) is 20.1 Å². The van der Waals surface area contributed by atoms with E-state index in [0.29, 0.717) is 28.0 Å². The number of aromatic nitrogens is 3. The molecule has 0 saturated heterocycles. The van der Waals surface area contributed by atoms with Gasteiger partial charge in [-0.2, -0.15) is 0 Å². The van der Waals surface area contributed by atoms with E-state index in [1.54, 1.807) is 29.1 Å². The number of carbonyl (C=O) groups is 1. The van der Waals surface area contributed by atoms with Crippen LogP contribution in [0.5, 0.6) is 0 Å². The zero-order chi connectivity index (χ0) is 15.4. The molecule has 8 heteroatoms. The third-order valence-electron chi connectivity index (χ3n) is 2.98. The van der Waals surface area contributed by atoms with Gasteiger partial charge in [0.25, 0.3) is 0 Å². The van der Waals surface area contributed by atoms with Gasteiger partial charge in [-0.1, -0.05) is 29.3 Å². The van der Waals surface area contributed by atoms with E-state index in [1.807, 2.05) is 7.05 Å². The summed E-state index contributed by atoms with van der Waals surface area (Å²) in [5, 5.41) is 11.7. The third kappa shape index (κ3) is 3.72. The Morgan fingerprint density at radius 1 is 1.48 bits per heavy atom. The van der Waals surface area contributed by atoms with Crippen LogP contribution in [0.2, 0.25) is 10.0 Å². The molecule has 0 bridgehead atoms. The fourth-order valence-electron chi connectivity index (χ4n) is 1.83. The lowest BCUT2D eigenvalue weighted by Gasteiger charge is -2.18. The molecular formula is C13H14Cl2N4O2. The Kier molecular flexibility index (Phi) is 5.17. The van der Waals surface area contributed by atoms with Gasteiger partial charge < -0.3 is 9.30 Å². The number of carbonyl (C=O) groups excluding carboxylic acids is 1. The lowest BCUT2D eigenvalue weighted by atomic mass is 10.1. The molecule has 0 fully saturated rings. The lowest BCUT2D eigenvalue weighted by Crippen LogP contribution is -2.30. The third-order valence-corrected chi connectivity index (χ3v) is 3.54. The summed E-state index contributed by atoms with van der Waals surface area (Å²) in [6.45, 7) is 0.342. The number of halogens is 2. The Morgan fingerprint density at radius 2 is 2.24 bits per heavy atom. The zero-order valence-corrected chi connectivity index (χ0v) is 13.0. The van der Waals surface area contributed by atoms with E-state index >= 15 is 0 Å². The number of nitrogens with one attached hydrogen (secondary N) is 1. The van der Waals surface area contributed by atoms with Crippen molar-refractivity contribution in [3.63, 3.8) is 0 Å². The first-order valence-corrected chi connectivity index (χ1v) is 6.87. The minimum Gasteiger partial charge on any atom is -0.468 e. The number of nitrogens with zero attached hydrogens (tertiary/aromatic N) is 3. The van der Waals surface area contributed by atoms with Crippen molar-refractivity contribution in [2.45, 2.75) is 12.6 Å². The number of esters is 1. The van der Waals surface area contributed by atoms with Crippen molar-refractivity contribution in [3.05, 3.63) is 46.0 Å². The molecular weight excluding hydrogens is 315 g/mol. The first-order chi connectivity index (χ1) is 10.0. The van der Waals surface area contributed by atoms with Crippen LogP contribution in [0.4, 0.5) is 0 Å². The smallest absolute Gasteiger partial charge is 0.327 e. The van der Waals surface area contributed by atoms with Crippen LogP contribution in [0.25, 0.3) is 0 Å². The molecule has 0 radical (unpaired) electrons. The summed E-state index contributed by atoms with van der Waals surface area (Å²) in [6, 6.07) is 4.23. The van der Waals surface area contributed by atoms with E-state index in [9.17, 15) is 4.79 Å². The Hall–Kier alpha value is -1.63. The lowest BCUT2D eigenvalue weighted by molar-refractivity contribution is -0.143. The zero-order valence-electron chi connectivity index (χ0n) is 11.5. The van der Waals surface area contributed by atoms with E-state index in [4.69, 9.17) is 27.9 Å². The van der Waals surface area contributed by atoms with E-state index in [0.717, 1.165) is 0 Å². The second-order valence-corrected chi connectivity index (χ2v) is 5.20. The molecule has 0 aliphatic carbocycles. The Bertz CT molecular complexity index is 645. The molecule has 1 aromatic heterocycles. The summed E-state index contributed by atoms with van der Waals surface area (Å²) in [5.41, 5.74) is 0.593. The van der Waals surface area contributed by atoms with E-state index in [2.05, 4.69) is 15.5 Å². The predicted octanol–water partition coefficient (Wildman–Crippen LogP) is 2.13. The van der Waals surface area contributed by atoms with Crippen molar-refractivity contribution in [3.8, 4) is 0 Å². The molecule has 0 unspecified atom stereocenters. The first-order valence-electron chi connectivity index (χ1n) is 6.12. The summed E-state index contributed by atoms with van der Waals surface area (Å²) in [5.74, 6) is 0.246. The van der Waals surface area contributed by atoms with Gasteiger partial charge in [0.15, 0.2) is 0 Å². The van der Waals surface area contributed by atoms with E-state index in [1.165, 1.54) is 7.11 Å². The summed E-state index contributed by atoms with van der Waals surface area (Å²) < 4.78 is 6.57. The molecule has 1 N–H and O–H groups in total. The van der Waals surface area contributed by atoms with Crippen molar-refractivity contribution < 1.29 is 9.53 Å². The Morgan fingerprint density at radius 3 is 2.81 bits per heavy atom. The first kappa shape index (κ1) is 15.8. The van der Waals surface area contributed by atoms with Gasteiger partial charge in [0, 0.05) is 17.1 Å². The average molecular weight is 329 g/mol. The SMILES string of the molecule is COC(=O)[C@H](NCc1nncn1C)c1ccc(Cl)cc1Cl. The van der Waals surface area contributed by atoms with Crippen LogP contribution in [0, 0.1) is 0 Å². The molecule has 0 saturated carbocycles. The molecule has 21 heavy (non-hydrogen) atoms. The number of ether oxygens (including phenoxy) is 1. The van der Waals surface area contributed by atoms with Crippen LogP contribution in [-0.4, -0.2) is 27.8 Å². The van der Waals surface area contributed by atoms with E-state index < -0.39 is 12.0 Å². The molecule has 1 atom stereocenters. The molecule has 1 aromatic carbocycles. The summed E-state index contributed by atoms with van der Waals surface area (Å²) in [4.78, 5) is 12.0. The molecule has 2 rings (SSSR count). The fraction of sp³-hybridized carbons (Fsp3) is 0.308. The van der Waals surface area contributed by atoms with Gasteiger partial charge in [-0.15, -0.1) is 10.2 Å². The molecule has 0 aliphatic rings. The van der Waals surface area contributed by atoms with E-state index in [-0.39, 0.29) is 0 Å². The van der Waals surface area contributed by atoms with Crippen LogP contribution in [0.15, 0.2) is 24.5 Å². The van der Waals surface area contributed by atoms with Gasteiger partial charge in [0.1, 0.15) is 18.2 Å². The summed E-state index contributed by atoms with van der Waals surface area (Å²) >= 11 is 12.0. The molecule has 6 nitrogen and oxygen atoms in total. The van der Waals surface area contributed by atoms with Crippen molar-refractivity contribution in [1.29, 1.82) is 0 Å². The van der Waals surface area contributed by atoms with Crippen LogP contribution in [0.3, 0.4) is 0 Å². The number of methoxy groups -OCH3 is 1. The second-order valence-electron chi connectivity index (χ2n) is 4.36. The van der Waals surface area contributed by atoms with Crippen molar-refractivity contribution >= 4 is 29.2 Å². The number of aryl methyl sites for hydroxylation is 1. The molecule has 0 amide bonds. The van der Waals surface area contributed by atoms with Crippen molar-refractivity contribution in [2.24, 2.45) is 7.05 Å².